The van der Waals surface area contributed by atoms with Gasteiger partial charge in [-0.3, -0.25) is 0 Å². The van der Waals surface area contributed by atoms with E-state index in [2.05, 4.69) is 0 Å². The van der Waals surface area contributed by atoms with E-state index in [0.29, 0.717) is 23.9 Å². The molecule has 0 fully saturated rings. The lowest BCUT2D eigenvalue weighted by Crippen LogP contribution is -2.12. The van der Waals surface area contributed by atoms with E-state index < -0.39 is 0 Å². The summed E-state index contributed by atoms with van der Waals surface area (Å²) in [6, 6.07) is 11.2. The molecule has 0 saturated heterocycles. The largest absolute Gasteiger partial charge is 0.494 e. The number of esters is 1. The first kappa shape index (κ1) is 19.6. The predicted octanol–water partition coefficient (Wildman–Crippen LogP) is 5.82. The highest BCUT2D eigenvalue weighted by molar-refractivity contribution is 6.32. The maximum Gasteiger partial charge on any atom is 0.354 e. The molecule has 0 amide bonds. The second-order valence-electron chi connectivity index (χ2n) is 6.45. The number of hydrogen-bond donors (Lipinski definition) is 0. The number of aromatic nitrogens is 1. The lowest BCUT2D eigenvalue weighted by atomic mass is 10.1. The standard InChI is InChI=1S/C21H21Cl2NO3/c1-13-9-17(10-14(2)20(13)23)27-8-4-7-24-18-6-5-16(22)11-15(18)12-19(24)21(25)26-3/h5-6,9-12H,4,7-8H2,1-3H3. The van der Waals surface area contributed by atoms with Crippen LogP contribution >= 0.6 is 23.2 Å². The van der Waals surface area contributed by atoms with Gasteiger partial charge >= 0.3 is 5.97 Å². The number of carbonyl (C=O) groups excluding carboxylic acids is 1. The number of nitrogens with zero attached hydrogens (tertiary/aromatic N) is 1. The lowest BCUT2D eigenvalue weighted by Gasteiger charge is -2.12. The summed E-state index contributed by atoms with van der Waals surface area (Å²) >= 11 is 12.3. The van der Waals surface area contributed by atoms with Crippen molar-refractivity contribution >= 4 is 40.1 Å². The third kappa shape index (κ3) is 4.23. The van der Waals surface area contributed by atoms with E-state index in [9.17, 15) is 4.79 Å². The van der Waals surface area contributed by atoms with Crippen LogP contribution in [0.25, 0.3) is 10.9 Å². The Hall–Kier alpha value is -2.17. The molecule has 4 nitrogen and oxygen atoms in total. The molecule has 1 heterocycles. The minimum absolute atomic E-state index is 0.368. The summed E-state index contributed by atoms with van der Waals surface area (Å²) in [7, 11) is 1.38. The quantitative estimate of drug-likeness (QED) is 0.383. The van der Waals surface area contributed by atoms with Crippen LogP contribution < -0.4 is 4.74 Å². The van der Waals surface area contributed by atoms with Crippen molar-refractivity contribution in [3.05, 3.63) is 63.3 Å². The smallest absolute Gasteiger partial charge is 0.354 e. The molecular weight excluding hydrogens is 385 g/mol. The molecule has 6 heteroatoms. The number of aryl methyl sites for hydroxylation is 3. The molecule has 0 atom stereocenters. The summed E-state index contributed by atoms with van der Waals surface area (Å²) in [6.07, 6.45) is 0.733. The molecule has 27 heavy (non-hydrogen) atoms. The first-order valence-electron chi connectivity index (χ1n) is 8.67. The van der Waals surface area contributed by atoms with Crippen LogP contribution in [-0.2, 0) is 11.3 Å². The van der Waals surface area contributed by atoms with Gasteiger partial charge in [0.1, 0.15) is 11.4 Å². The molecule has 0 N–H and O–H groups in total. The lowest BCUT2D eigenvalue weighted by molar-refractivity contribution is 0.0588. The van der Waals surface area contributed by atoms with E-state index in [-0.39, 0.29) is 5.97 Å². The van der Waals surface area contributed by atoms with Gasteiger partial charge in [-0.2, -0.15) is 0 Å². The number of hydrogen-bond acceptors (Lipinski definition) is 3. The van der Waals surface area contributed by atoms with E-state index in [1.807, 2.05) is 48.7 Å². The Balaban J connectivity index is 1.74. The molecule has 0 spiro atoms. The van der Waals surface area contributed by atoms with Gasteiger partial charge in [0.15, 0.2) is 0 Å². The van der Waals surface area contributed by atoms with Gasteiger partial charge in [0.25, 0.3) is 0 Å². The van der Waals surface area contributed by atoms with Crippen molar-refractivity contribution in [3.8, 4) is 5.75 Å². The van der Waals surface area contributed by atoms with Gasteiger partial charge in [0, 0.05) is 27.5 Å². The van der Waals surface area contributed by atoms with Crippen LogP contribution in [0, 0.1) is 13.8 Å². The van der Waals surface area contributed by atoms with Gasteiger partial charge in [-0.15, -0.1) is 0 Å². The van der Waals surface area contributed by atoms with Crippen LogP contribution in [0.5, 0.6) is 5.75 Å². The van der Waals surface area contributed by atoms with Crippen molar-refractivity contribution in [1.29, 1.82) is 0 Å². The second kappa shape index (κ2) is 8.24. The number of benzene rings is 2. The van der Waals surface area contributed by atoms with Crippen molar-refractivity contribution in [1.82, 2.24) is 4.57 Å². The maximum atomic E-state index is 12.1. The first-order valence-corrected chi connectivity index (χ1v) is 9.43. The molecule has 0 aliphatic carbocycles. The molecule has 142 valence electrons. The number of rotatable bonds is 6. The Kier molecular flexibility index (Phi) is 5.98. The molecule has 3 rings (SSSR count). The SMILES string of the molecule is COC(=O)c1cc2cc(Cl)ccc2n1CCCOc1cc(C)c(Cl)c(C)c1. The summed E-state index contributed by atoms with van der Waals surface area (Å²) in [5.74, 6) is 0.430. The minimum Gasteiger partial charge on any atom is -0.494 e. The van der Waals surface area contributed by atoms with Gasteiger partial charge < -0.3 is 14.0 Å². The summed E-state index contributed by atoms with van der Waals surface area (Å²) < 4.78 is 12.7. The zero-order chi connectivity index (χ0) is 19.6. The third-order valence-electron chi connectivity index (χ3n) is 4.46. The molecule has 0 aliphatic rings. The van der Waals surface area contributed by atoms with Crippen molar-refractivity contribution in [2.24, 2.45) is 0 Å². The van der Waals surface area contributed by atoms with Crippen molar-refractivity contribution in [2.45, 2.75) is 26.8 Å². The first-order chi connectivity index (χ1) is 12.9. The number of ether oxygens (including phenoxy) is 2. The Morgan fingerprint density at radius 2 is 1.78 bits per heavy atom. The average Bonchev–Trinajstić information content (AvgIpc) is 3.00. The summed E-state index contributed by atoms with van der Waals surface area (Å²) in [6.45, 7) is 5.07. The molecule has 0 saturated carbocycles. The monoisotopic (exact) mass is 405 g/mol. The molecule has 1 aromatic heterocycles. The van der Waals surface area contributed by atoms with E-state index in [1.54, 1.807) is 6.07 Å². The molecule has 0 aliphatic heterocycles. The Morgan fingerprint density at radius 3 is 2.44 bits per heavy atom. The molecule has 0 bridgehead atoms. The number of methoxy groups -OCH3 is 1. The van der Waals surface area contributed by atoms with Crippen LogP contribution in [0.1, 0.15) is 28.0 Å². The highest BCUT2D eigenvalue weighted by atomic mass is 35.5. The number of halogens is 2. The minimum atomic E-state index is -0.368. The summed E-state index contributed by atoms with van der Waals surface area (Å²) in [4.78, 5) is 12.1. The fourth-order valence-corrected chi connectivity index (χ4v) is 3.45. The third-order valence-corrected chi connectivity index (χ3v) is 5.29. The van der Waals surface area contributed by atoms with E-state index in [1.165, 1.54) is 7.11 Å². The topological polar surface area (TPSA) is 40.5 Å². The van der Waals surface area contributed by atoms with E-state index >= 15 is 0 Å². The van der Waals surface area contributed by atoms with Crippen molar-refractivity contribution in [2.75, 3.05) is 13.7 Å². The Labute approximate surface area is 168 Å². The maximum absolute atomic E-state index is 12.1. The molecule has 0 radical (unpaired) electrons. The number of fused-ring (bicyclic) bond motifs is 1. The number of carbonyl (C=O) groups is 1. The fourth-order valence-electron chi connectivity index (χ4n) is 3.16. The highest BCUT2D eigenvalue weighted by Gasteiger charge is 2.16. The van der Waals surface area contributed by atoms with Gasteiger partial charge in [-0.1, -0.05) is 23.2 Å². The summed E-state index contributed by atoms with van der Waals surface area (Å²) in [5.41, 5.74) is 3.44. The normalized spacial score (nSPS) is 11.0. The Bertz CT molecular complexity index is 971. The molecule has 0 unspecified atom stereocenters. The molecule has 3 aromatic rings. The van der Waals surface area contributed by atoms with Crippen LogP contribution in [-0.4, -0.2) is 24.3 Å². The van der Waals surface area contributed by atoms with Crippen LogP contribution in [0.4, 0.5) is 0 Å². The van der Waals surface area contributed by atoms with Crippen molar-refractivity contribution in [3.63, 3.8) is 0 Å². The molecular formula is C21H21Cl2NO3. The van der Waals surface area contributed by atoms with Crippen LogP contribution in [0.3, 0.4) is 0 Å². The summed E-state index contributed by atoms with van der Waals surface area (Å²) in [5, 5.41) is 2.31. The van der Waals surface area contributed by atoms with Gasteiger partial charge in [-0.05, 0) is 67.8 Å². The van der Waals surface area contributed by atoms with Crippen molar-refractivity contribution < 1.29 is 14.3 Å². The predicted molar refractivity (Wildman–Crippen MR) is 109 cm³/mol. The highest BCUT2D eigenvalue weighted by Crippen LogP contribution is 2.27. The van der Waals surface area contributed by atoms with Crippen LogP contribution in [0.2, 0.25) is 10.0 Å². The Morgan fingerprint density at radius 1 is 1.07 bits per heavy atom. The zero-order valence-electron chi connectivity index (χ0n) is 15.5. The van der Waals surface area contributed by atoms with Gasteiger partial charge in [-0.25, -0.2) is 4.79 Å². The second-order valence-corrected chi connectivity index (χ2v) is 7.26. The average molecular weight is 406 g/mol. The van der Waals surface area contributed by atoms with E-state index in [0.717, 1.165) is 39.2 Å². The molecule has 2 aromatic carbocycles. The van der Waals surface area contributed by atoms with E-state index in [4.69, 9.17) is 32.7 Å². The zero-order valence-corrected chi connectivity index (χ0v) is 17.0. The van der Waals surface area contributed by atoms with Crippen LogP contribution in [0.15, 0.2) is 36.4 Å². The fraction of sp³-hybridized carbons (Fsp3) is 0.286. The van der Waals surface area contributed by atoms with Gasteiger partial charge in [0.2, 0.25) is 0 Å². The van der Waals surface area contributed by atoms with Gasteiger partial charge in [0.05, 0.1) is 13.7 Å².